The lowest BCUT2D eigenvalue weighted by molar-refractivity contribution is -0.186. The molecule has 1 aliphatic rings. The Morgan fingerprint density at radius 1 is 1.06 bits per heavy atom. The molecule has 7 heteroatoms. The second-order valence-corrected chi connectivity index (χ2v) is 9.42. The number of carbonyl (C=O) groups is 1. The number of ether oxygens (including phenoxy) is 1. The maximum absolute atomic E-state index is 12.4. The van der Waals surface area contributed by atoms with Gasteiger partial charge in [0.15, 0.2) is 0 Å². The van der Waals surface area contributed by atoms with Gasteiger partial charge in [-0.3, -0.25) is 4.79 Å². The summed E-state index contributed by atoms with van der Waals surface area (Å²) in [5.41, 5.74) is -2.41. The first-order valence-corrected chi connectivity index (χ1v) is 12.3. The molecule has 0 aromatic carbocycles. The third-order valence-corrected chi connectivity index (χ3v) is 5.94. The molecule has 1 rings (SSSR count). The summed E-state index contributed by atoms with van der Waals surface area (Å²) in [5.74, 6) is -1.78. The molecule has 1 fully saturated rings. The monoisotopic (exact) mass is 461 g/mol. The Labute approximate surface area is 196 Å². The zero-order valence-corrected chi connectivity index (χ0v) is 22.2. The van der Waals surface area contributed by atoms with E-state index in [0.29, 0.717) is 37.8 Å². The van der Waals surface area contributed by atoms with E-state index >= 15 is 0 Å². The highest BCUT2D eigenvalue weighted by Gasteiger charge is 2.45. The molecule has 4 N–H and O–H groups in total. The fraction of sp³-hybridized carbons (Fsp3) is 0.920. The summed E-state index contributed by atoms with van der Waals surface area (Å²) in [5, 5.41) is 45.4. The number of rotatable bonds is 1. The molecule has 0 radical (unpaired) electrons. The summed E-state index contributed by atoms with van der Waals surface area (Å²) in [6.45, 7) is 18.4. The second kappa shape index (κ2) is 15.6. The molecular weight excluding hydrogens is 410 g/mol. The molecule has 0 amide bonds. The number of hydrogen-bond donors (Lipinski definition) is 4. The fourth-order valence-electron chi connectivity index (χ4n) is 4.14. The van der Waals surface area contributed by atoms with Gasteiger partial charge in [0.2, 0.25) is 0 Å². The van der Waals surface area contributed by atoms with E-state index in [2.05, 4.69) is 19.0 Å². The van der Waals surface area contributed by atoms with Crippen LogP contribution in [0.25, 0.3) is 0 Å². The van der Waals surface area contributed by atoms with Crippen LogP contribution in [0, 0.1) is 17.8 Å². The highest BCUT2D eigenvalue weighted by atomic mass is 16.6. The van der Waals surface area contributed by atoms with Gasteiger partial charge in [-0.2, -0.15) is 0 Å². The largest absolute Gasteiger partial charge is 0.459 e. The van der Waals surface area contributed by atoms with E-state index in [-0.39, 0.29) is 11.8 Å². The van der Waals surface area contributed by atoms with Crippen LogP contribution in [0.5, 0.6) is 0 Å². The van der Waals surface area contributed by atoms with E-state index < -0.39 is 35.3 Å². The predicted molar refractivity (Wildman–Crippen MR) is 130 cm³/mol. The van der Waals surface area contributed by atoms with Crippen LogP contribution in [-0.2, 0) is 9.53 Å². The van der Waals surface area contributed by atoms with Gasteiger partial charge in [-0.15, -0.1) is 0 Å². The van der Waals surface area contributed by atoms with Gasteiger partial charge < -0.3 is 25.3 Å². The van der Waals surface area contributed by atoms with Gasteiger partial charge in [-0.25, -0.2) is 0 Å². The van der Waals surface area contributed by atoms with Crippen molar-refractivity contribution in [2.24, 2.45) is 22.9 Å². The van der Waals surface area contributed by atoms with Crippen LogP contribution in [0.2, 0.25) is 0 Å². The van der Waals surface area contributed by atoms with E-state index in [1.165, 1.54) is 13.3 Å². The van der Waals surface area contributed by atoms with Gasteiger partial charge in [-0.05, 0) is 46.0 Å². The summed E-state index contributed by atoms with van der Waals surface area (Å²) >= 11 is 0. The number of nitrogens with zero attached hydrogens (tertiary/aromatic N) is 1. The molecule has 1 aliphatic heterocycles. The zero-order valence-electron chi connectivity index (χ0n) is 22.2. The molecule has 7 atom stereocenters. The average Bonchev–Trinajstić information content (AvgIpc) is 2.72. The third kappa shape index (κ3) is 10.2. The molecular formula is C25H51NO6. The summed E-state index contributed by atoms with van der Waals surface area (Å²) in [6.07, 6.45) is 1.44. The van der Waals surface area contributed by atoms with Gasteiger partial charge >= 0.3 is 5.97 Å². The Hall–Kier alpha value is -1.18. The normalized spacial score (nSPS) is 38.3. The minimum atomic E-state index is -1.72. The number of oxime groups is 1. The SMILES string of the molecule is CC.CCC.CC[C@H]1OC(=O)C(C)CCC[C@](C)(O)C[C@@H](C)/C(=N\O)C(C)C(O)[C@]1(C)O. The van der Waals surface area contributed by atoms with E-state index in [1.807, 2.05) is 20.8 Å². The number of esters is 1. The molecule has 3 unspecified atom stereocenters. The quantitative estimate of drug-likeness (QED) is 0.250. The zero-order chi connectivity index (χ0) is 25.7. The van der Waals surface area contributed by atoms with Gasteiger partial charge in [0, 0.05) is 11.8 Å². The van der Waals surface area contributed by atoms with Gasteiger partial charge in [0.1, 0.15) is 11.7 Å². The van der Waals surface area contributed by atoms with Crippen molar-refractivity contribution < 1.29 is 30.1 Å². The predicted octanol–water partition coefficient (Wildman–Crippen LogP) is 4.93. The summed E-state index contributed by atoms with van der Waals surface area (Å²) in [4.78, 5) is 12.4. The van der Waals surface area contributed by atoms with E-state index in [9.17, 15) is 25.3 Å². The molecule has 0 bridgehead atoms. The minimum Gasteiger partial charge on any atom is -0.459 e. The van der Waals surface area contributed by atoms with Crippen LogP contribution in [0.1, 0.15) is 108 Å². The topological polar surface area (TPSA) is 120 Å². The van der Waals surface area contributed by atoms with Crippen molar-refractivity contribution in [1.29, 1.82) is 0 Å². The van der Waals surface area contributed by atoms with Crippen molar-refractivity contribution >= 4 is 11.7 Å². The summed E-state index contributed by atoms with van der Waals surface area (Å²) < 4.78 is 5.52. The molecule has 32 heavy (non-hydrogen) atoms. The first-order chi connectivity index (χ1) is 14.8. The Balaban J connectivity index is 0. The lowest BCUT2D eigenvalue weighted by Gasteiger charge is -2.40. The van der Waals surface area contributed by atoms with Crippen molar-refractivity contribution in [3.63, 3.8) is 0 Å². The van der Waals surface area contributed by atoms with Crippen LogP contribution in [0.3, 0.4) is 0 Å². The third-order valence-electron chi connectivity index (χ3n) is 5.94. The van der Waals surface area contributed by atoms with Crippen LogP contribution >= 0.6 is 0 Å². The smallest absolute Gasteiger partial charge is 0.309 e. The lowest BCUT2D eigenvalue weighted by Crippen LogP contribution is -2.55. The molecule has 1 heterocycles. The van der Waals surface area contributed by atoms with Crippen molar-refractivity contribution in [3.05, 3.63) is 0 Å². The van der Waals surface area contributed by atoms with Crippen molar-refractivity contribution in [2.75, 3.05) is 0 Å². The molecule has 7 nitrogen and oxygen atoms in total. The van der Waals surface area contributed by atoms with Crippen LogP contribution in [0.15, 0.2) is 5.16 Å². The highest BCUT2D eigenvalue weighted by molar-refractivity contribution is 5.88. The molecule has 192 valence electrons. The van der Waals surface area contributed by atoms with Crippen LogP contribution < -0.4 is 0 Å². The van der Waals surface area contributed by atoms with Gasteiger partial charge in [-0.1, -0.05) is 67.0 Å². The van der Waals surface area contributed by atoms with Crippen LogP contribution in [-0.4, -0.2) is 55.6 Å². The Morgan fingerprint density at radius 2 is 1.56 bits per heavy atom. The summed E-state index contributed by atoms with van der Waals surface area (Å²) in [6, 6.07) is 0. The molecule has 1 saturated heterocycles. The fourth-order valence-corrected chi connectivity index (χ4v) is 4.14. The molecule has 0 spiro atoms. The first kappa shape index (κ1) is 33.0. The summed E-state index contributed by atoms with van der Waals surface area (Å²) in [7, 11) is 0. The van der Waals surface area contributed by atoms with Crippen LogP contribution in [0.4, 0.5) is 0 Å². The Morgan fingerprint density at radius 3 is 2.00 bits per heavy atom. The molecule has 0 aliphatic carbocycles. The van der Waals surface area contributed by atoms with Crippen molar-refractivity contribution in [1.82, 2.24) is 0 Å². The lowest BCUT2D eigenvalue weighted by atomic mass is 9.76. The second-order valence-electron chi connectivity index (χ2n) is 9.42. The Bertz CT molecular complexity index is 547. The maximum atomic E-state index is 12.4. The van der Waals surface area contributed by atoms with Crippen molar-refractivity contribution in [2.45, 2.75) is 131 Å². The maximum Gasteiger partial charge on any atom is 0.309 e. The average molecular weight is 462 g/mol. The van der Waals surface area contributed by atoms with Crippen molar-refractivity contribution in [3.8, 4) is 0 Å². The first-order valence-electron chi connectivity index (χ1n) is 12.3. The Kier molecular flexibility index (Phi) is 16.1. The van der Waals surface area contributed by atoms with Gasteiger partial charge in [0.05, 0.1) is 23.3 Å². The minimum absolute atomic E-state index is 0.298. The number of carbonyl (C=O) groups excluding carboxylic acids is 1. The number of aliphatic hydroxyl groups excluding tert-OH is 1. The number of cyclic esters (lactones) is 1. The molecule has 0 aromatic heterocycles. The van der Waals surface area contributed by atoms with E-state index in [4.69, 9.17) is 4.74 Å². The van der Waals surface area contributed by atoms with E-state index in [0.717, 1.165) is 0 Å². The number of aliphatic hydroxyl groups is 3. The number of hydrogen-bond acceptors (Lipinski definition) is 7. The standard InChI is InChI=1S/C20H37NO6.C3H8.C2H6/c1-7-15-20(6,25)17(22)14(4)16(21-26)13(3)11-19(5,24)10-8-9-12(2)18(23)27-15;1-3-2;1-2/h12-15,17,22,24-26H,7-11H2,1-6H3;3H2,1-2H3;1-2H3/b21-16+;;/t12?,13-,14?,15-,17?,19+,20-;;/m1../s1. The van der Waals surface area contributed by atoms with Gasteiger partial charge in [0.25, 0.3) is 0 Å². The van der Waals surface area contributed by atoms with E-state index in [1.54, 1.807) is 27.7 Å². The molecule has 0 saturated carbocycles. The highest BCUT2D eigenvalue weighted by Crippen LogP contribution is 2.32. The molecule has 0 aromatic rings.